The molecule has 0 fully saturated rings. The molecule has 0 saturated heterocycles. The Balaban J connectivity index is 1.56. The van der Waals surface area contributed by atoms with Crippen molar-refractivity contribution in [2.45, 2.75) is 12.8 Å². The number of aryl methyl sites for hydroxylation is 1. The molecule has 4 aromatic rings. The Hall–Kier alpha value is -4.58. The van der Waals surface area contributed by atoms with Crippen LogP contribution in [-0.2, 0) is 6.42 Å². The molecule has 2 aromatic carbocycles. The zero-order chi connectivity index (χ0) is 23.2. The van der Waals surface area contributed by atoms with Crippen molar-refractivity contribution in [3.63, 3.8) is 0 Å². The Labute approximate surface area is 187 Å². The molecule has 2 aromatic heterocycles. The van der Waals surface area contributed by atoms with Gasteiger partial charge in [-0.2, -0.15) is 10.2 Å². The predicted octanol–water partition coefficient (Wildman–Crippen LogP) is 1.57. The minimum absolute atomic E-state index is 0.0204. The number of aromatic nitrogens is 5. The number of nitrogens with one attached hydrogen (secondary N) is 3. The summed E-state index contributed by atoms with van der Waals surface area (Å²) in [5.41, 5.74) is 4.36. The minimum atomic E-state index is -0.536. The number of amidine groups is 1. The molecule has 7 N–H and O–H groups in total. The first kappa shape index (κ1) is 21.6. The zero-order valence-electron chi connectivity index (χ0n) is 17.4. The molecule has 168 valence electrons. The van der Waals surface area contributed by atoms with Crippen LogP contribution in [0.5, 0.6) is 0 Å². The number of rotatable bonds is 7. The summed E-state index contributed by atoms with van der Waals surface area (Å²) in [5, 5.41) is 12.8. The molecule has 11 nitrogen and oxygen atoms in total. The summed E-state index contributed by atoms with van der Waals surface area (Å²) in [6.45, 7) is 0. The lowest BCUT2D eigenvalue weighted by molar-refractivity contribution is 0.632. The smallest absolute Gasteiger partial charge is 0.298 e. The molecule has 0 saturated carbocycles. The summed E-state index contributed by atoms with van der Waals surface area (Å²) < 4.78 is 15.8. The van der Waals surface area contributed by atoms with Crippen LogP contribution in [-0.4, -0.2) is 30.6 Å². The lowest BCUT2D eigenvalue weighted by Gasteiger charge is -2.11. The predicted molar refractivity (Wildman–Crippen MR) is 122 cm³/mol. The third-order valence-corrected chi connectivity index (χ3v) is 4.94. The molecule has 2 heterocycles. The van der Waals surface area contributed by atoms with Gasteiger partial charge in [0, 0.05) is 30.1 Å². The van der Waals surface area contributed by atoms with Gasteiger partial charge in [0.1, 0.15) is 18.0 Å². The topological polar surface area (TPSA) is 165 Å². The first-order valence-electron chi connectivity index (χ1n) is 9.91. The number of H-pyrrole nitrogens is 1. The fourth-order valence-corrected chi connectivity index (χ4v) is 3.20. The Morgan fingerprint density at radius 2 is 2.00 bits per heavy atom. The van der Waals surface area contributed by atoms with E-state index in [2.05, 4.69) is 36.0 Å². The van der Waals surface area contributed by atoms with E-state index in [1.165, 1.54) is 29.2 Å². The van der Waals surface area contributed by atoms with Gasteiger partial charge >= 0.3 is 0 Å². The van der Waals surface area contributed by atoms with E-state index in [-0.39, 0.29) is 11.5 Å². The van der Waals surface area contributed by atoms with E-state index < -0.39 is 11.4 Å². The molecule has 0 spiro atoms. The van der Waals surface area contributed by atoms with Crippen molar-refractivity contribution >= 4 is 17.3 Å². The van der Waals surface area contributed by atoms with Crippen molar-refractivity contribution < 1.29 is 4.39 Å². The largest absolute Gasteiger partial charge is 0.333 e. The average Bonchev–Trinajstić information content (AvgIpc) is 3.38. The van der Waals surface area contributed by atoms with E-state index in [0.717, 1.165) is 5.56 Å². The van der Waals surface area contributed by atoms with E-state index >= 15 is 0 Å². The van der Waals surface area contributed by atoms with E-state index in [9.17, 15) is 9.18 Å². The maximum Gasteiger partial charge on any atom is 0.298 e. The van der Waals surface area contributed by atoms with Gasteiger partial charge < -0.3 is 16.6 Å². The van der Waals surface area contributed by atoms with E-state index in [0.29, 0.717) is 35.8 Å². The molecule has 0 atom stereocenters. The number of aromatic amines is 1. The SMILES string of the molecule is N/N=C(/CCc1ccc(-n2ccnc(Nc3cc(-c4ncn[nH]4)ccc3F)c2=O)cc1)NN. The third-order valence-electron chi connectivity index (χ3n) is 4.94. The molecule has 0 aliphatic heterocycles. The molecule has 0 bridgehead atoms. The average molecular weight is 448 g/mol. The Bertz CT molecular complexity index is 1320. The second kappa shape index (κ2) is 9.70. The van der Waals surface area contributed by atoms with Gasteiger partial charge in [-0.15, -0.1) is 0 Å². The number of hydrogen-bond donors (Lipinski definition) is 5. The molecular weight excluding hydrogens is 427 g/mol. The number of benzene rings is 2. The fourth-order valence-electron chi connectivity index (χ4n) is 3.20. The molecule has 0 radical (unpaired) electrons. The first-order chi connectivity index (χ1) is 16.1. The number of hydrazone groups is 1. The summed E-state index contributed by atoms with van der Waals surface area (Å²) in [4.78, 5) is 21.2. The number of hydrazine groups is 1. The van der Waals surface area contributed by atoms with Crippen LogP contribution in [0.3, 0.4) is 0 Å². The van der Waals surface area contributed by atoms with Gasteiger partial charge in [-0.1, -0.05) is 12.1 Å². The van der Waals surface area contributed by atoms with Gasteiger partial charge in [0.05, 0.1) is 5.69 Å². The van der Waals surface area contributed by atoms with Crippen LogP contribution in [0, 0.1) is 5.82 Å². The van der Waals surface area contributed by atoms with Gasteiger partial charge in [-0.25, -0.2) is 20.2 Å². The van der Waals surface area contributed by atoms with E-state index in [4.69, 9.17) is 11.7 Å². The van der Waals surface area contributed by atoms with Gasteiger partial charge in [-0.3, -0.25) is 14.5 Å². The second-order valence-corrected chi connectivity index (χ2v) is 6.99. The molecular formula is C21H21FN10O. The van der Waals surface area contributed by atoms with Crippen LogP contribution in [0.25, 0.3) is 17.1 Å². The van der Waals surface area contributed by atoms with Gasteiger partial charge in [-0.05, 0) is 42.3 Å². The summed E-state index contributed by atoms with van der Waals surface area (Å²) in [6.07, 6.45) is 5.58. The van der Waals surface area contributed by atoms with Crippen molar-refractivity contribution in [1.82, 2.24) is 30.2 Å². The highest BCUT2D eigenvalue weighted by Crippen LogP contribution is 2.24. The van der Waals surface area contributed by atoms with Crippen molar-refractivity contribution in [2.24, 2.45) is 16.8 Å². The molecule has 4 rings (SSSR count). The Kier molecular flexibility index (Phi) is 6.36. The maximum absolute atomic E-state index is 14.4. The molecule has 0 aliphatic carbocycles. The molecule has 0 unspecified atom stereocenters. The van der Waals surface area contributed by atoms with Crippen molar-refractivity contribution in [3.05, 3.63) is 82.9 Å². The van der Waals surface area contributed by atoms with Crippen LogP contribution in [0.2, 0.25) is 0 Å². The quantitative estimate of drug-likeness (QED) is 0.123. The standard InChI is InChI=1S/C21H21FN10O/c22-16-7-4-14(19-26-12-27-31-19)11-17(16)28-20-21(33)32(10-9-25-20)15-5-1-13(2-6-15)3-8-18(29-23)30-24/h1-2,4-7,9-12H,3,8,23-24H2,(H,25,28)(H,29,30)(H,26,27,31). The minimum Gasteiger partial charge on any atom is -0.333 e. The van der Waals surface area contributed by atoms with Crippen molar-refractivity contribution in [1.29, 1.82) is 0 Å². The van der Waals surface area contributed by atoms with Gasteiger partial charge in [0.25, 0.3) is 5.56 Å². The van der Waals surface area contributed by atoms with E-state index in [1.807, 2.05) is 12.1 Å². The normalized spacial score (nSPS) is 11.4. The first-order valence-corrected chi connectivity index (χ1v) is 9.91. The lowest BCUT2D eigenvalue weighted by Crippen LogP contribution is -2.31. The number of halogens is 1. The maximum atomic E-state index is 14.4. The highest BCUT2D eigenvalue weighted by atomic mass is 19.1. The fraction of sp³-hybridized carbons (Fsp3) is 0.0952. The second-order valence-electron chi connectivity index (χ2n) is 6.99. The summed E-state index contributed by atoms with van der Waals surface area (Å²) in [5.74, 6) is 11.0. The Morgan fingerprint density at radius 3 is 2.70 bits per heavy atom. The van der Waals surface area contributed by atoms with Crippen molar-refractivity contribution in [2.75, 3.05) is 5.32 Å². The molecule has 0 aliphatic rings. The monoisotopic (exact) mass is 448 g/mol. The number of hydrogen-bond acceptors (Lipinski definition) is 8. The third kappa shape index (κ3) is 4.85. The van der Waals surface area contributed by atoms with Gasteiger partial charge in [0.2, 0.25) is 0 Å². The van der Waals surface area contributed by atoms with E-state index in [1.54, 1.807) is 24.4 Å². The lowest BCUT2D eigenvalue weighted by atomic mass is 10.1. The Morgan fingerprint density at radius 1 is 1.18 bits per heavy atom. The van der Waals surface area contributed by atoms with Crippen LogP contribution in [0.15, 0.2) is 71.1 Å². The molecule has 0 amide bonds. The highest BCUT2D eigenvalue weighted by molar-refractivity contribution is 5.81. The van der Waals surface area contributed by atoms with Crippen LogP contribution < -0.4 is 28.0 Å². The zero-order valence-corrected chi connectivity index (χ0v) is 17.4. The van der Waals surface area contributed by atoms with Crippen molar-refractivity contribution in [3.8, 4) is 17.1 Å². The van der Waals surface area contributed by atoms with Crippen LogP contribution in [0.1, 0.15) is 12.0 Å². The van der Waals surface area contributed by atoms with Gasteiger partial charge in [0.15, 0.2) is 11.6 Å². The molecule has 12 heteroatoms. The molecule has 33 heavy (non-hydrogen) atoms. The highest BCUT2D eigenvalue weighted by Gasteiger charge is 2.12. The van der Waals surface area contributed by atoms with Crippen LogP contribution >= 0.6 is 0 Å². The summed E-state index contributed by atoms with van der Waals surface area (Å²) in [6, 6.07) is 11.8. The summed E-state index contributed by atoms with van der Waals surface area (Å²) >= 11 is 0. The van der Waals surface area contributed by atoms with Crippen LogP contribution in [0.4, 0.5) is 15.9 Å². The summed E-state index contributed by atoms with van der Waals surface area (Å²) in [7, 11) is 0. The number of nitrogens with two attached hydrogens (primary N) is 2. The number of anilines is 2. The number of nitrogens with zero attached hydrogens (tertiary/aromatic N) is 5.